The molecule has 4 atom stereocenters. The number of carbonyl (C=O) groups is 2. The number of halogens is 2. The second-order valence-corrected chi connectivity index (χ2v) is 10.3. The molecule has 11 heteroatoms. The van der Waals surface area contributed by atoms with Crippen LogP contribution in [0, 0.1) is 17.7 Å². The van der Waals surface area contributed by atoms with Crippen LogP contribution >= 0.6 is 11.6 Å². The maximum atomic E-state index is 15.0. The number of hydrogen-bond donors (Lipinski definition) is 4. The van der Waals surface area contributed by atoms with Crippen molar-refractivity contribution in [3.8, 4) is 0 Å². The van der Waals surface area contributed by atoms with Crippen molar-refractivity contribution in [2.24, 2.45) is 11.8 Å². The number of amides is 3. The Kier molecular flexibility index (Phi) is 12.2. The summed E-state index contributed by atoms with van der Waals surface area (Å²) in [6.45, 7) is 3.33. The summed E-state index contributed by atoms with van der Waals surface area (Å²) in [4.78, 5) is 25.9. The van der Waals surface area contributed by atoms with Gasteiger partial charge in [-0.2, -0.15) is 0 Å². The summed E-state index contributed by atoms with van der Waals surface area (Å²) in [5.41, 5.74) is 0.316. The first-order chi connectivity index (χ1) is 17.9. The van der Waals surface area contributed by atoms with Gasteiger partial charge in [0.2, 0.25) is 0 Å². The number of likely N-dealkylation sites (N-methyl/N-ethyl adjacent to an activating group) is 1. The standard InChI is InChI=1S/C26H40ClFN4O5/c1-29-15-20(14-18-6-2-3-12-36-17-18)31-25(33)32-11-5-7-19(16-32)24(37-13-10-30-26(34)35)21-8-4-9-22(27)23(21)28/h4,8-9,18-20,24,29-30H,2-3,5-7,10-17H2,1H3,(H,31,33)(H,34,35). The predicted octanol–water partition coefficient (Wildman–Crippen LogP) is 4.02. The Bertz CT molecular complexity index is 871. The van der Waals surface area contributed by atoms with Crippen LogP contribution in [0.2, 0.25) is 5.02 Å². The van der Waals surface area contributed by atoms with E-state index in [0.717, 1.165) is 51.7 Å². The van der Waals surface area contributed by atoms with Gasteiger partial charge < -0.3 is 35.4 Å². The Labute approximate surface area is 223 Å². The van der Waals surface area contributed by atoms with Gasteiger partial charge in [0.1, 0.15) is 5.82 Å². The summed E-state index contributed by atoms with van der Waals surface area (Å²) < 4.78 is 26.7. The van der Waals surface area contributed by atoms with Crippen molar-refractivity contribution in [2.75, 3.05) is 53.0 Å². The lowest BCUT2D eigenvalue weighted by Crippen LogP contribution is -2.52. The number of rotatable bonds is 11. The van der Waals surface area contributed by atoms with E-state index in [1.807, 2.05) is 7.05 Å². The number of carbonyl (C=O) groups excluding carboxylic acids is 1. The van der Waals surface area contributed by atoms with E-state index in [4.69, 9.17) is 26.2 Å². The summed E-state index contributed by atoms with van der Waals surface area (Å²) >= 11 is 6.05. The lowest BCUT2D eigenvalue weighted by atomic mass is 9.88. The van der Waals surface area contributed by atoms with Crippen LogP contribution in [0.3, 0.4) is 0 Å². The molecular formula is C26H40ClFN4O5. The van der Waals surface area contributed by atoms with Crippen molar-refractivity contribution in [3.05, 3.63) is 34.6 Å². The highest BCUT2D eigenvalue weighted by atomic mass is 35.5. The van der Waals surface area contributed by atoms with Crippen molar-refractivity contribution < 1.29 is 28.6 Å². The second kappa shape index (κ2) is 15.3. The van der Waals surface area contributed by atoms with E-state index in [0.29, 0.717) is 31.1 Å². The van der Waals surface area contributed by atoms with Gasteiger partial charge in [0, 0.05) is 56.9 Å². The Morgan fingerprint density at radius 3 is 2.92 bits per heavy atom. The molecule has 0 bridgehead atoms. The fourth-order valence-electron chi connectivity index (χ4n) is 5.27. The van der Waals surface area contributed by atoms with Gasteiger partial charge >= 0.3 is 12.1 Å². The third kappa shape index (κ3) is 9.28. The molecule has 0 aromatic heterocycles. The lowest BCUT2D eigenvalue weighted by Gasteiger charge is -2.38. The van der Waals surface area contributed by atoms with Crippen molar-refractivity contribution in [1.29, 1.82) is 0 Å². The highest BCUT2D eigenvalue weighted by molar-refractivity contribution is 6.30. The third-order valence-corrected chi connectivity index (χ3v) is 7.33. The maximum Gasteiger partial charge on any atom is 0.404 e. The summed E-state index contributed by atoms with van der Waals surface area (Å²) in [5, 5.41) is 17.5. The summed E-state index contributed by atoms with van der Waals surface area (Å²) in [6, 6.07) is 4.61. The van der Waals surface area contributed by atoms with Crippen LogP contribution in [0.4, 0.5) is 14.0 Å². The molecule has 2 saturated heterocycles. The van der Waals surface area contributed by atoms with E-state index in [2.05, 4.69) is 16.0 Å². The number of benzene rings is 1. The molecule has 9 nitrogen and oxygen atoms in total. The molecule has 0 radical (unpaired) electrons. The molecule has 0 spiro atoms. The number of urea groups is 1. The van der Waals surface area contributed by atoms with Crippen molar-refractivity contribution >= 4 is 23.7 Å². The molecule has 2 fully saturated rings. The number of likely N-dealkylation sites (tertiary alicyclic amines) is 1. The first-order valence-electron chi connectivity index (χ1n) is 13.2. The fourth-order valence-corrected chi connectivity index (χ4v) is 5.45. The minimum atomic E-state index is -1.15. The number of hydrogen-bond acceptors (Lipinski definition) is 5. The van der Waals surface area contributed by atoms with Crippen molar-refractivity contribution in [2.45, 2.75) is 50.7 Å². The van der Waals surface area contributed by atoms with Gasteiger partial charge in [-0.3, -0.25) is 0 Å². The molecule has 4 unspecified atom stereocenters. The zero-order valence-electron chi connectivity index (χ0n) is 21.5. The first-order valence-corrected chi connectivity index (χ1v) is 13.6. The first kappa shape index (κ1) is 29.4. The van der Waals surface area contributed by atoms with Gasteiger partial charge in [-0.25, -0.2) is 14.0 Å². The number of piperidine rings is 1. The van der Waals surface area contributed by atoms with Crippen molar-refractivity contribution in [1.82, 2.24) is 20.9 Å². The van der Waals surface area contributed by atoms with E-state index < -0.39 is 18.0 Å². The van der Waals surface area contributed by atoms with Crippen LogP contribution in [0.25, 0.3) is 0 Å². The quantitative estimate of drug-likeness (QED) is 0.314. The van der Waals surface area contributed by atoms with E-state index in [9.17, 15) is 14.0 Å². The van der Waals surface area contributed by atoms with Crippen LogP contribution in [0.1, 0.15) is 50.2 Å². The van der Waals surface area contributed by atoms with E-state index in [-0.39, 0.29) is 36.2 Å². The zero-order valence-corrected chi connectivity index (χ0v) is 22.3. The van der Waals surface area contributed by atoms with Crippen LogP contribution in [0.15, 0.2) is 18.2 Å². The molecule has 3 amide bonds. The molecule has 208 valence electrons. The van der Waals surface area contributed by atoms with E-state index in [1.165, 1.54) is 6.07 Å². The van der Waals surface area contributed by atoms with Crippen LogP contribution in [0.5, 0.6) is 0 Å². The minimum absolute atomic E-state index is 0.00225. The average Bonchev–Trinajstić information content (AvgIpc) is 3.15. The number of nitrogens with zero attached hydrogens (tertiary/aromatic N) is 1. The van der Waals surface area contributed by atoms with E-state index >= 15 is 0 Å². The van der Waals surface area contributed by atoms with Crippen molar-refractivity contribution in [3.63, 3.8) is 0 Å². The lowest BCUT2D eigenvalue weighted by molar-refractivity contribution is -0.0105. The summed E-state index contributed by atoms with van der Waals surface area (Å²) in [6.07, 6.45) is 3.84. The van der Waals surface area contributed by atoms with Gasteiger partial charge in [-0.05, 0) is 51.1 Å². The van der Waals surface area contributed by atoms with Gasteiger partial charge in [-0.1, -0.05) is 30.2 Å². The smallest absolute Gasteiger partial charge is 0.404 e. The molecule has 4 N–H and O–H groups in total. The van der Waals surface area contributed by atoms with Crippen LogP contribution in [-0.2, 0) is 9.47 Å². The Morgan fingerprint density at radius 1 is 1.30 bits per heavy atom. The summed E-state index contributed by atoms with van der Waals surface area (Å²) in [7, 11) is 1.88. The fraction of sp³-hybridized carbons (Fsp3) is 0.692. The summed E-state index contributed by atoms with van der Waals surface area (Å²) in [5.74, 6) is -0.310. The topological polar surface area (TPSA) is 112 Å². The van der Waals surface area contributed by atoms with Crippen LogP contribution in [-0.4, -0.2) is 81.2 Å². The van der Waals surface area contributed by atoms with Gasteiger partial charge in [0.15, 0.2) is 0 Å². The average molecular weight is 543 g/mol. The Morgan fingerprint density at radius 2 is 2.14 bits per heavy atom. The van der Waals surface area contributed by atoms with Gasteiger partial charge in [-0.15, -0.1) is 0 Å². The monoisotopic (exact) mass is 542 g/mol. The predicted molar refractivity (Wildman–Crippen MR) is 139 cm³/mol. The minimum Gasteiger partial charge on any atom is -0.465 e. The molecule has 1 aromatic rings. The molecular weight excluding hydrogens is 503 g/mol. The third-order valence-electron chi connectivity index (χ3n) is 7.04. The van der Waals surface area contributed by atoms with Gasteiger partial charge in [0.05, 0.1) is 17.7 Å². The van der Waals surface area contributed by atoms with Crippen LogP contribution < -0.4 is 16.0 Å². The number of nitrogens with one attached hydrogen (secondary N) is 3. The normalized spacial score (nSPS) is 22.1. The second-order valence-electron chi connectivity index (χ2n) is 9.89. The molecule has 0 aliphatic carbocycles. The molecule has 2 aliphatic rings. The van der Waals surface area contributed by atoms with Gasteiger partial charge in [0.25, 0.3) is 0 Å². The zero-order chi connectivity index (χ0) is 26.6. The molecule has 2 heterocycles. The SMILES string of the molecule is CNCC(CC1CCCCOC1)NC(=O)N1CCCC(C(OCCNC(=O)O)c2cccc(Cl)c2F)C1. The number of ether oxygens (including phenoxy) is 2. The molecule has 0 saturated carbocycles. The maximum absolute atomic E-state index is 15.0. The Hall–Kier alpha value is -2.14. The number of carboxylic acid groups (broad SMARTS) is 1. The molecule has 37 heavy (non-hydrogen) atoms. The molecule has 3 rings (SSSR count). The largest absolute Gasteiger partial charge is 0.465 e. The highest BCUT2D eigenvalue weighted by Crippen LogP contribution is 2.36. The van der Waals surface area contributed by atoms with E-state index in [1.54, 1.807) is 17.0 Å². The highest BCUT2D eigenvalue weighted by Gasteiger charge is 2.33. The Balaban J connectivity index is 1.66. The molecule has 2 aliphatic heterocycles. The molecule has 1 aromatic carbocycles.